The number of nitrogens with two attached hydrogens (primary N) is 1. The van der Waals surface area contributed by atoms with Crippen LogP contribution in [-0.4, -0.2) is 14.9 Å². The first-order chi connectivity index (χ1) is 9.31. The normalized spacial score (nSPS) is 10.6. The topological polar surface area (TPSA) is 87.1 Å². The smallest absolute Gasteiger partial charge is 0.330 e. The Morgan fingerprint density at radius 1 is 1.20 bits per heavy atom. The quantitative estimate of drug-likeness (QED) is 0.644. The van der Waals surface area contributed by atoms with Crippen LogP contribution in [0.15, 0.2) is 38.5 Å². The van der Waals surface area contributed by atoms with E-state index in [1.807, 2.05) is 0 Å². The maximum Gasteiger partial charge on any atom is 0.330 e. The van der Waals surface area contributed by atoms with Gasteiger partial charge in [0, 0.05) is 36.0 Å². The molecule has 2 rings (SSSR count). The van der Waals surface area contributed by atoms with E-state index in [-0.39, 0.29) is 11.1 Å². The Bertz CT molecular complexity index is 800. The molecule has 0 saturated heterocycles. The van der Waals surface area contributed by atoms with Crippen molar-refractivity contribution in [3.63, 3.8) is 0 Å². The van der Waals surface area contributed by atoms with Crippen molar-refractivity contribution in [3.8, 4) is 0 Å². The van der Waals surface area contributed by atoms with Gasteiger partial charge < -0.3 is 10.3 Å². The molecule has 0 saturated carbocycles. The van der Waals surface area contributed by atoms with E-state index in [4.69, 9.17) is 5.73 Å². The van der Waals surface area contributed by atoms with Crippen LogP contribution in [0.25, 0.3) is 0 Å². The number of carbonyl (C=O) groups excluding carboxylic acids is 1. The molecule has 20 heavy (non-hydrogen) atoms. The van der Waals surface area contributed by atoms with E-state index in [0.717, 1.165) is 4.57 Å². The van der Waals surface area contributed by atoms with Crippen LogP contribution < -0.4 is 17.0 Å². The molecule has 104 valence electrons. The molecule has 1 aromatic heterocycles. The summed E-state index contributed by atoms with van der Waals surface area (Å²) in [5, 5.41) is 0. The standard InChI is InChI=1S/C13H12BrN3O3/c1-16-6-10(12(19)17(2)13(16)20)11(18)7-3-8(14)5-9(15)4-7/h3-6H,15H2,1-2H3. The summed E-state index contributed by atoms with van der Waals surface area (Å²) < 4.78 is 2.73. The summed E-state index contributed by atoms with van der Waals surface area (Å²) in [4.78, 5) is 36.0. The minimum Gasteiger partial charge on any atom is -0.399 e. The van der Waals surface area contributed by atoms with E-state index in [9.17, 15) is 14.4 Å². The minimum atomic E-state index is -0.628. The van der Waals surface area contributed by atoms with Crippen molar-refractivity contribution >= 4 is 27.4 Å². The van der Waals surface area contributed by atoms with E-state index in [2.05, 4.69) is 15.9 Å². The van der Waals surface area contributed by atoms with Crippen LogP contribution in [0.1, 0.15) is 15.9 Å². The summed E-state index contributed by atoms with van der Waals surface area (Å²) in [5.41, 5.74) is 5.18. The lowest BCUT2D eigenvalue weighted by Crippen LogP contribution is -2.39. The molecule has 1 heterocycles. The van der Waals surface area contributed by atoms with Crippen LogP contribution in [0.2, 0.25) is 0 Å². The Morgan fingerprint density at radius 3 is 2.45 bits per heavy atom. The first kappa shape index (κ1) is 14.3. The molecule has 1 aromatic carbocycles. The SMILES string of the molecule is Cn1cc(C(=O)c2cc(N)cc(Br)c2)c(=O)n(C)c1=O. The summed E-state index contributed by atoms with van der Waals surface area (Å²) in [5.74, 6) is -0.478. The predicted molar refractivity (Wildman–Crippen MR) is 78.9 cm³/mol. The summed E-state index contributed by atoms with van der Waals surface area (Å²) in [6.45, 7) is 0. The summed E-state index contributed by atoms with van der Waals surface area (Å²) in [6, 6.07) is 4.70. The molecule has 0 aliphatic carbocycles. The Balaban J connectivity index is 2.66. The molecule has 6 nitrogen and oxygen atoms in total. The van der Waals surface area contributed by atoms with Crippen molar-refractivity contribution in [3.05, 3.63) is 60.8 Å². The fourth-order valence-electron chi connectivity index (χ4n) is 1.86. The number of nitrogens with zero attached hydrogens (tertiary/aromatic N) is 2. The Morgan fingerprint density at radius 2 is 1.85 bits per heavy atom. The molecule has 7 heteroatoms. The molecule has 0 bridgehead atoms. The average Bonchev–Trinajstić information content (AvgIpc) is 2.38. The van der Waals surface area contributed by atoms with Crippen LogP contribution in [0, 0.1) is 0 Å². The van der Waals surface area contributed by atoms with Crippen molar-refractivity contribution in [1.82, 2.24) is 9.13 Å². The summed E-state index contributed by atoms with van der Waals surface area (Å²) >= 11 is 3.24. The van der Waals surface area contributed by atoms with Gasteiger partial charge in [-0.05, 0) is 18.2 Å². The van der Waals surface area contributed by atoms with Gasteiger partial charge in [-0.2, -0.15) is 0 Å². The zero-order valence-corrected chi connectivity index (χ0v) is 12.5. The molecular formula is C13H12BrN3O3. The third-order valence-corrected chi connectivity index (χ3v) is 3.33. The monoisotopic (exact) mass is 337 g/mol. The van der Waals surface area contributed by atoms with Gasteiger partial charge in [0.2, 0.25) is 0 Å². The van der Waals surface area contributed by atoms with E-state index >= 15 is 0 Å². The predicted octanol–water partition coefficient (Wildman–Crippen LogP) is 0.660. The molecule has 2 aromatic rings. The highest BCUT2D eigenvalue weighted by molar-refractivity contribution is 9.10. The zero-order valence-electron chi connectivity index (χ0n) is 10.9. The molecule has 2 N–H and O–H groups in total. The lowest BCUT2D eigenvalue weighted by atomic mass is 10.1. The molecular weight excluding hydrogens is 326 g/mol. The number of aryl methyl sites for hydroxylation is 1. The van der Waals surface area contributed by atoms with Gasteiger partial charge >= 0.3 is 5.69 Å². The van der Waals surface area contributed by atoms with Crippen molar-refractivity contribution in [2.24, 2.45) is 14.1 Å². The second-order valence-electron chi connectivity index (χ2n) is 4.40. The molecule has 0 amide bonds. The van der Waals surface area contributed by atoms with Gasteiger partial charge in [-0.1, -0.05) is 15.9 Å². The van der Waals surface area contributed by atoms with Crippen LogP contribution in [0.4, 0.5) is 5.69 Å². The number of ketones is 1. The third kappa shape index (κ3) is 2.44. The van der Waals surface area contributed by atoms with Gasteiger partial charge in [-0.3, -0.25) is 14.2 Å². The van der Waals surface area contributed by atoms with Crippen molar-refractivity contribution < 1.29 is 4.79 Å². The van der Waals surface area contributed by atoms with Crippen LogP contribution >= 0.6 is 15.9 Å². The minimum absolute atomic E-state index is 0.0768. The Kier molecular flexibility index (Phi) is 3.63. The van der Waals surface area contributed by atoms with Gasteiger partial charge in [-0.15, -0.1) is 0 Å². The number of aromatic nitrogens is 2. The Labute approximate surface area is 122 Å². The number of hydrogen-bond acceptors (Lipinski definition) is 4. The number of benzene rings is 1. The fraction of sp³-hybridized carbons (Fsp3) is 0.154. The number of nitrogen functional groups attached to an aromatic ring is 1. The maximum atomic E-state index is 12.4. The highest BCUT2D eigenvalue weighted by Crippen LogP contribution is 2.18. The summed E-state index contributed by atoms with van der Waals surface area (Å²) in [6.07, 6.45) is 1.24. The summed E-state index contributed by atoms with van der Waals surface area (Å²) in [7, 11) is 2.81. The Hall–Kier alpha value is -2.15. The van der Waals surface area contributed by atoms with Crippen molar-refractivity contribution in [2.45, 2.75) is 0 Å². The highest BCUT2D eigenvalue weighted by atomic mass is 79.9. The van der Waals surface area contributed by atoms with Crippen molar-refractivity contribution in [2.75, 3.05) is 5.73 Å². The molecule has 0 atom stereocenters. The van der Waals surface area contributed by atoms with Crippen LogP contribution in [0.3, 0.4) is 0 Å². The lowest BCUT2D eigenvalue weighted by molar-refractivity contribution is 0.103. The third-order valence-electron chi connectivity index (χ3n) is 2.87. The molecule has 0 unspecified atom stereocenters. The van der Waals surface area contributed by atoms with Crippen LogP contribution in [0.5, 0.6) is 0 Å². The van der Waals surface area contributed by atoms with Gasteiger partial charge in [0.05, 0.1) is 0 Å². The maximum absolute atomic E-state index is 12.4. The highest BCUT2D eigenvalue weighted by Gasteiger charge is 2.17. The number of anilines is 1. The second kappa shape index (κ2) is 5.09. The second-order valence-corrected chi connectivity index (χ2v) is 5.32. The van der Waals surface area contributed by atoms with Gasteiger partial charge in [0.15, 0.2) is 5.78 Å². The van der Waals surface area contributed by atoms with Gasteiger partial charge in [0.1, 0.15) is 5.56 Å². The molecule has 0 radical (unpaired) electrons. The average molecular weight is 338 g/mol. The number of halogens is 1. The largest absolute Gasteiger partial charge is 0.399 e. The van der Waals surface area contributed by atoms with Crippen LogP contribution in [-0.2, 0) is 14.1 Å². The molecule has 0 fully saturated rings. The molecule has 0 aliphatic rings. The van der Waals surface area contributed by atoms with E-state index < -0.39 is 17.0 Å². The van der Waals surface area contributed by atoms with E-state index in [0.29, 0.717) is 10.2 Å². The molecule has 0 spiro atoms. The van der Waals surface area contributed by atoms with Gasteiger partial charge in [-0.25, -0.2) is 4.79 Å². The fourth-order valence-corrected chi connectivity index (χ4v) is 2.37. The first-order valence-corrected chi connectivity index (χ1v) is 6.48. The zero-order chi connectivity index (χ0) is 15.0. The van der Waals surface area contributed by atoms with Crippen molar-refractivity contribution in [1.29, 1.82) is 0 Å². The number of hydrogen-bond donors (Lipinski definition) is 1. The lowest BCUT2D eigenvalue weighted by Gasteiger charge is -2.07. The number of rotatable bonds is 2. The number of carbonyl (C=O) groups is 1. The van der Waals surface area contributed by atoms with E-state index in [1.165, 1.54) is 30.9 Å². The molecule has 0 aliphatic heterocycles. The van der Waals surface area contributed by atoms with E-state index in [1.54, 1.807) is 12.1 Å². The first-order valence-electron chi connectivity index (χ1n) is 5.68. The van der Waals surface area contributed by atoms with Gasteiger partial charge in [0.25, 0.3) is 5.56 Å².